The highest BCUT2D eigenvalue weighted by Crippen LogP contribution is 2.77. The van der Waals surface area contributed by atoms with Crippen molar-refractivity contribution < 1.29 is 48.0 Å². The molecule has 11 unspecified atom stereocenters. The van der Waals surface area contributed by atoms with Crippen LogP contribution in [0.15, 0.2) is 36.4 Å². The molecule has 0 aliphatic heterocycles. The van der Waals surface area contributed by atoms with E-state index in [9.17, 15) is 29.1 Å². The van der Waals surface area contributed by atoms with Gasteiger partial charge in [0, 0.05) is 32.3 Å². The van der Waals surface area contributed by atoms with Crippen molar-refractivity contribution in [1.29, 1.82) is 0 Å². The minimum atomic E-state index is -0.702. The lowest BCUT2D eigenvalue weighted by Gasteiger charge is -2.73. The summed E-state index contributed by atoms with van der Waals surface area (Å²) in [4.78, 5) is 62.6. The van der Waals surface area contributed by atoms with Crippen LogP contribution in [0.4, 0.5) is 0 Å². The van der Waals surface area contributed by atoms with Crippen LogP contribution in [0.3, 0.4) is 0 Å². The van der Waals surface area contributed by atoms with Crippen molar-refractivity contribution in [2.75, 3.05) is 0 Å². The lowest BCUT2D eigenvalue weighted by atomic mass is 9.32. The number of ether oxygens (including phenoxy) is 4. The molecule has 0 aromatic heterocycles. The van der Waals surface area contributed by atoms with Crippen LogP contribution in [0.25, 0.3) is 6.08 Å². The van der Waals surface area contributed by atoms with Gasteiger partial charge in [0.1, 0.15) is 12.2 Å². The van der Waals surface area contributed by atoms with Gasteiger partial charge in [0.05, 0.1) is 5.41 Å². The number of carbonyl (C=O) groups excluding carboxylic acids is 4. The largest absolute Gasteiger partial charge is 0.481 e. The van der Waals surface area contributed by atoms with E-state index in [2.05, 4.69) is 48.1 Å². The van der Waals surface area contributed by atoms with Crippen molar-refractivity contribution in [2.24, 2.45) is 56.7 Å². The predicted octanol–water partition coefficient (Wildman–Crippen LogP) is 8.75. The fourth-order valence-electron chi connectivity index (χ4n) is 13.6. The summed E-state index contributed by atoms with van der Waals surface area (Å²) in [6.45, 7) is 21.9. The Labute approximate surface area is 325 Å². The van der Waals surface area contributed by atoms with E-state index in [1.807, 2.05) is 0 Å². The molecule has 1 aromatic rings. The highest BCUT2D eigenvalue weighted by Gasteiger charge is 2.73. The molecule has 0 radical (unpaired) electrons. The maximum atomic E-state index is 13.6. The van der Waals surface area contributed by atoms with E-state index >= 15 is 0 Å². The predicted molar refractivity (Wildman–Crippen MR) is 206 cm³/mol. The van der Waals surface area contributed by atoms with Gasteiger partial charge in [-0.25, -0.2) is 4.79 Å². The van der Waals surface area contributed by atoms with Gasteiger partial charge in [-0.3, -0.25) is 19.2 Å². The normalized spacial score (nSPS) is 38.7. The molecule has 10 nitrogen and oxygen atoms in total. The third kappa shape index (κ3) is 6.63. The second kappa shape index (κ2) is 14.2. The van der Waals surface area contributed by atoms with Crippen LogP contribution >= 0.6 is 0 Å². The molecule has 5 saturated carbocycles. The Morgan fingerprint density at radius 2 is 1.44 bits per heavy atom. The van der Waals surface area contributed by atoms with Crippen molar-refractivity contribution in [1.82, 2.24) is 0 Å². The number of carbonyl (C=O) groups is 5. The fourth-order valence-corrected chi connectivity index (χ4v) is 13.6. The molecule has 5 aliphatic carbocycles. The van der Waals surface area contributed by atoms with E-state index in [1.54, 1.807) is 6.07 Å². The fraction of sp³-hybridized carbons (Fsp3) is 0.667. The maximum absolute atomic E-state index is 13.6. The summed E-state index contributed by atoms with van der Waals surface area (Å²) < 4.78 is 22.8. The average molecular weight is 761 g/mol. The van der Waals surface area contributed by atoms with Crippen LogP contribution in [0.2, 0.25) is 0 Å². The zero-order valence-corrected chi connectivity index (χ0v) is 34.1. The van der Waals surface area contributed by atoms with Gasteiger partial charge in [-0.05, 0) is 134 Å². The van der Waals surface area contributed by atoms with Crippen molar-refractivity contribution in [2.45, 2.75) is 132 Å². The van der Waals surface area contributed by atoms with Gasteiger partial charge in [0.25, 0.3) is 0 Å². The van der Waals surface area contributed by atoms with Crippen LogP contribution in [0.1, 0.15) is 126 Å². The lowest BCUT2D eigenvalue weighted by Crippen LogP contribution is -2.69. The van der Waals surface area contributed by atoms with Crippen LogP contribution in [-0.4, -0.2) is 47.2 Å². The Kier molecular flexibility index (Phi) is 10.5. The maximum Gasteiger partial charge on any atom is 0.331 e. The first-order chi connectivity index (χ1) is 25.6. The number of fused-ring (bicyclic) bond motifs is 7. The van der Waals surface area contributed by atoms with Gasteiger partial charge >= 0.3 is 29.8 Å². The topological polar surface area (TPSA) is 143 Å². The Morgan fingerprint density at radius 1 is 0.764 bits per heavy atom. The van der Waals surface area contributed by atoms with Gasteiger partial charge in [0.15, 0.2) is 11.5 Å². The van der Waals surface area contributed by atoms with E-state index in [-0.39, 0.29) is 51.4 Å². The minimum Gasteiger partial charge on any atom is -0.481 e. The second-order valence-electron chi connectivity index (χ2n) is 18.9. The Bertz CT molecular complexity index is 1810. The molecule has 1 aromatic carbocycles. The number of hydrogen-bond acceptors (Lipinski definition) is 9. The van der Waals surface area contributed by atoms with E-state index in [0.717, 1.165) is 50.5 Å². The molecule has 0 spiro atoms. The smallest absolute Gasteiger partial charge is 0.331 e. The molecule has 5 aliphatic rings. The number of hydrogen-bond donors (Lipinski definition) is 1. The van der Waals surface area contributed by atoms with Gasteiger partial charge < -0.3 is 24.1 Å². The Morgan fingerprint density at radius 3 is 2.05 bits per heavy atom. The standard InChI is InChI=1S/C45H60O10/c1-25(2)30-17-20-45(40(50)51)22-21-43(9)31(38(30)45)13-15-36-42(8)24-34(54-28(5)48)39(41(6,7)35(42)18-19-44(36,43)10)55-37(49)16-12-29-11-14-32(52-26(3)46)33(23-29)53-27(4)47/h11-12,14,16,23,30-31,34-36,38-39H,1,13,15,17-22,24H2,2-10H3,(H,50,51). The van der Waals surface area contributed by atoms with E-state index in [1.165, 1.54) is 45.1 Å². The molecule has 5 fully saturated rings. The SMILES string of the molecule is C=C(C)C1CCC2(C(=O)O)CCC3(C)C(CCC4C5(C)CC(OC(C)=O)C(OC(=O)C=Cc6ccc(OC(C)=O)c(OC(C)=O)c6)C(C)(C)C5CCC43C)C12. The van der Waals surface area contributed by atoms with Crippen LogP contribution in [0.5, 0.6) is 11.5 Å². The number of carboxylic acids is 1. The zero-order valence-electron chi connectivity index (χ0n) is 34.1. The first kappa shape index (κ1) is 40.7. The van der Waals surface area contributed by atoms with Gasteiger partial charge in [0.2, 0.25) is 0 Å². The number of esters is 4. The Hall–Kier alpha value is -3.95. The van der Waals surface area contributed by atoms with Gasteiger partial charge in [-0.15, -0.1) is 0 Å². The molecule has 55 heavy (non-hydrogen) atoms. The van der Waals surface area contributed by atoms with E-state index in [0.29, 0.717) is 24.3 Å². The quantitative estimate of drug-likeness (QED) is 0.118. The third-order valence-corrected chi connectivity index (χ3v) is 15.8. The summed E-state index contributed by atoms with van der Waals surface area (Å²) in [6, 6.07) is 4.61. The molecule has 300 valence electrons. The summed E-state index contributed by atoms with van der Waals surface area (Å²) in [5.41, 5.74) is 0.0327. The number of aliphatic carboxylic acids is 1. The summed E-state index contributed by atoms with van der Waals surface area (Å²) in [5.74, 6) is -1.64. The molecule has 0 heterocycles. The summed E-state index contributed by atoms with van der Waals surface area (Å²) in [5, 5.41) is 10.7. The molecule has 0 saturated heterocycles. The average Bonchev–Trinajstić information content (AvgIpc) is 3.48. The third-order valence-electron chi connectivity index (χ3n) is 15.8. The minimum absolute atomic E-state index is 0.0429. The lowest BCUT2D eigenvalue weighted by molar-refractivity contribution is -0.268. The van der Waals surface area contributed by atoms with E-state index < -0.39 is 52.9 Å². The van der Waals surface area contributed by atoms with E-state index in [4.69, 9.17) is 18.9 Å². The molecule has 6 rings (SSSR count). The Balaban J connectivity index is 1.28. The van der Waals surface area contributed by atoms with Crippen molar-refractivity contribution >= 4 is 35.9 Å². The highest BCUT2D eigenvalue weighted by molar-refractivity contribution is 5.87. The first-order valence-corrected chi connectivity index (χ1v) is 20.1. The number of rotatable bonds is 8. The molecular weight excluding hydrogens is 700 g/mol. The van der Waals surface area contributed by atoms with Gasteiger partial charge in [-0.2, -0.15) is 0 Å². The first-order valence-electron chi connectivity index (χ1n) is 20.1. The number of carboxylic acid groups (broad SMARTS) is 1. The molecule has 1 N–H and O–H groups in total. The second-order valence-corrected chi connectivity index (χ2v) is 18.9. The van der Waals surface area contributed by atoms with Crippen molar-refractivity contribution in [3.05, 3.63) is 42.0 Å². The number of allylic oxidation sites excluding steroid dienone is 1. The zero-order chi connectivity index (χ0) is 40.5. The molecule has 0 amide bonds. The van der Waals surface area contributed by atoms with Crippen LogP contribution in [0, 0.1) is 56.7 Å². The van der Waals surface area contributed by atoms with Crippen molar-refractivity contribution in [3.63, 3.8) is 0 Å². The van der Waals surface area contributed by atoms with Crippen LogP contribution in [-0.2, 0) is 33.4 Å². The number of benzene rings is 1. The highest BCUT2D eigenvalue weighted by atomic mass is 16.6. The molecular formula is C45H60O10. The van der Waals surface area contributed by atoms with Crippen LogP contribution < -0.4 is 9.47 Å². The van der Waals surface area contributed by atoms with Crippen molar-refractivity contribution in [3.8, 4) is 11.5 Å². The molecule has 10 heteroatoms. The molecule has 0 bridgehead atoms. The summed E-state index contributed by atoms with van der Waals surface area (Å²) in [7, 11) is 0. The summed E-state index contributed by atoms with van der Waals surface area (Å²) in [6.07, 6.45) is 9.07. The van der Waals surface area contributed by atoms with Gasteiger partial charge in [-0.1, -0.05) is 52.8 Å². The molecule has 11 atom stereocenters. The monoisotopic (exact) mass is 760 g/mol. The summed E-state index contributed by atoms with van der Waals surface area (Å²) >= 11 is 0.